The van der Waals surface area contributed by atoms with Gasteiger partial charge in [-0.2, -0.15) is 0 Å². The number of methoxy groups -OCH3 is 1. The number of benzene rings is 2. The van der Waals surface area contributed by atoms with Crippen LogP contribution in [0, 0.1) is 0 Å². The van der Waals surface area contributed by atoms with Crippen molar-refractivity contribution in [3.05, 3.63) is 66.1 Å². The Kier molecular flexibility index (Phi) is 4.66. The van der Waals surface area contributed by atoms with Crippen LogP contribution in [0.5, 0.6) is 5.75 Å². The summed E-state index contributed by atoms with van der Waals surface area (Å²) in [6, 6.07) is 14.0. The highest BCUT2D eigenvalue weighted by atomic mass is 16.5. The highest BCUT2D eigenvalue weighted by Gasteiger charge is 2.03. The van der Waals surface area contributed by atoms with E-state index in [0.717, 1.165) is 22.4 Å². The Morgan fingerprint density at radius 2 is 1.75 bits per heavy atom. The molecular formula is C20H20N2O2. The van der Waals surface area contributed by atoms with Gasteiger partial charge < -0.3 is 14.1 Å². The molecule has 0 spiro atoms. The van der Waals surface area contributed by atoms with Gasteiger partial charge in [-0.05, 0) is 29.8 Å². The fourth-order valence-corrected chi connectivity index (χ4v) is 2.31. The molecule has 122 valence electrons. The van der Waals surface area contributed by atoms with Crippen LogP contribution in [0.2, 0.25) is 0 Å². The molecule has 3 rings (SSSR count). The number of fused-ring (bicyclic) bond motifs is 1. The van der Waals surface area contributed by atoms with E-state index < -0.39 is 0 Å². The average Bonchev–Trinajstić information content (AvgIpc) is 3.00. The van der Waals surface area contributed by atoms with E-state index in [1.54, 1.807) is 7.11 Å². The van der Waals surface area contributed by atoms with Gasteiger partial charge in [0.25, 0.3) is 0 Å². The molecule has 0 bridgehead atoms. The van der Waals surface area contributed by atoms with Crippen LogP contribution in [0.25, 0.3) is 23.3 Å². The van der Waals surface area contributed by atoms with E-state index in [9.17, 15) is 0 Å². The van der Waals surface area contributed by atoms with Crippen molar-refractivity contribution >= 4 is 28.9 Å². The maximum atomic E-state index is 5.69. The highest BCUT2D eigenvalue weighted by molar-refractivity contribution is 5.75. The van der Waals surface area contributed by atoms with E-state index in [2.05, 4.69) is 34.1 Å². The van der Waals surface area contributed by atoms with Gasteiger partial charge in [-0.15, -0.1) is 0 Å². The van der Waals surface area contributed by atoms with Crippen molar-refractivity contribution in [2.24, 2.45) is 0 Å². The summed E-state index contributed by atoms with van der Waals surface area (Å²) >= 11 is 0. The van der Waals surface area contributed by atoms with Crippen molar-refractivity contribution in [1.29, 1.82) is 0 Å². The van der Waals surface area contributed by atoms with Gasteiger partial charge in [-0.3, -0.25) is 0 Å². The summed E-state index contributed by atoms with van der Waals surface area (Å²) in [6.45, 7) is 0. The number of hydrogen-bond donors (Lipinski definition) is 0. The predicted molar refractivity (Wildman–Crippen MR) is 99.4 cm³/mol. The monoisotopic (exact) mass is 320 g/mol. The zero-order valence-electron chi connectivity index (χ0n) is 14.1. The first-order valence-electron chi connectivity index (χ1n) is 7.72. The minimum Gasteiger partial charge on any atom is -0.497 e. The molecule has 0 amide bonds. The predicted octanol–water partition coefficient (Wildman–Crippen LogP) is 4.63. The summed E-state index contributed by atoms with van der Waals surface area (Å²) in [5.74, 6) is 1.33. The second-order valence-electron chi connectivity index (χ2n) is 5.59. The first kappa shape index (κ1) is 15.9. The Balaban J connectivity index is 1.69. The van der Waals surface area contributed by atoms with Crippen LogP contribution in [0.3, 0.4) is 0 Å². The molecule has 2 aromatic carbocycles. The molecule has 1 heterocycles. The summed E-state index contributed by atoms with van der Waals surface area (Å²) in [4.78, 5) is 6.49. The number of rotatable bonds is 5. The minimum absolute atomic E-state index is 0.575. The minimum atomic E-state index is 0.575. The average molecular weight is 320 g/mol. The molecule has 0 aliphatic heterocycles. The van der Waals surface area contributed by atoms with E-state index in [1.165, 1.54) is 5.69 Å². The van der Waals surface area contributed by atoms with Crippen molar-refractivity contribution in [2.45, 2.75) is 0 Å². The van der Waals surface area contributed by atoms with Crippen LogP contribution < -0.4 is 9.64 Å². The zero-order chi connectivity index (χ0) is 16.9. The third-order valence-corrected chi connectivity index (χ3v) is 3.66. The van der Waals surface area contributed by atoms with Gasteiger partial charge in [0.2, 0.25) is 5.89 Å². The van der Waals surface area contributed by atoms with Crippen LogP contribution in [-0.2, 0) is 0 Å². The van der Waals surface area contributed by atoms with Crippen molar-refractivity contribution in [3.8, 4) is 5.75 Å². The van der Waals surface area contributed by atoms with Crippen LogP contribution in [0.4, 0.5) is 5.69 Å². The Labute approximate surface area is 141 Å². The van der Waals surface area contributed by atoms with Gasteiger partial charge in [-0.25, -0.2) is 4.98 Å². The highest BCUT2D eigenvalue weighted by Crippen LogP contribution is 2.22. The molecule has 0 saturated carbocycles. The normalized spacial score (nSPS) is 11.6. The van der Waals surface area contributed by atoms with Crippen molar-refractivity contribution < 1.29 is 9.15 Å². The summed E-state index contributed by atoms with van der Waals surface area (Å²) < 4.78 is 10.9. The van der Waals surface area contributed by atoms with Crippen molar-refractivity contribution in [2.75, 3.05) is 26.1 Å². The number of hydrogen-bond acceptors (Lipinski definition) is 4. The first-order chi connectivity index (χ1) is 11.7. The van der Waals surface area contributed by atoms with Crippen LogP contribution in [-0.4, -0.2) is 26.2 Å². The van der Waals surface area contributed by atoms with E-state index in [0.29, 0.717) is 5.89 Å². The molecule has 1 aromatic heterocycles. The molecule has 4 heteroatoms. The molecule has 0 unspecified atom stereocenters. The lowest BCUT2D eigenvalue weighted by Crippen LogP contribution is -2.07. The fraction of sp³-hybridized carbons (Fsp3) is 0.150. The quantitative estimate of drug-likeness (QED) is 0.643. The van der Waals surface area contributed by atoms with Gasteiger partial charge in [0.1, 0.15) is 11.3 Å². The molecule has 0 N–H and O–H groups in total. The molecule has 4 nitrogen and oxygen atoms in total. The van der Waals surface area contributed by atoms with Crippen molar-refractivity contribution in [1.82, 2.24) is 4.98 Å². The van der Waals surface area contributed by atoms with Gasteiger partial charge in [-0.1, -0.05) is 30.4 Å². The number of allylic oxidation sites excluding steroid dienone is 2. The summed E-state index contributed by atoms with van der Waals surface area (Å²) in [5, 5.41) is 0. The first-order valence-corrected chi connectivity index (χ1v) is 7.72. The SMILES string of the molecule is COc1ccc2nc(/C=C/C=C/c3ccc(N(C)C)cc3)oc2c1. The lowest BCUT2D eigenvalue weighted by Gasteiger charge is -2.11. The lowest BCUT2D eigenvalue weighted by molar-refractivity contribution is 0.414. The smallest absolute Gasteiger partial charge is 0.219 e. The Bertz CT molecular complexity index is 874. The van der Waals surface area contributed by atoms with Gasteiger partial charge in [0.05, 0.1) is 7.11 Å². The Morgan fingerprint density at radius 3 is 2.46 bits per heavy atom. The number of nitrogens with zero attached hydrogens (tertiary/aromatic N) is 2. The maximum absolute atomic E-state index is 5.69. The molecule has 0 fully saturated rings. The van der Waals surface area contributed by atoms with E-state index in [-0.39, 0.29) is 0 Å². The number of aromatic nitrogens is 1. The zero-order valence-corrected chi connectivity index (χ0v) is 14.1. The number of oxazole rings is 1. The third kappa shape index (κ3) is 3.66. The molecule has 0 aliphatic carbocycles. The molecular weight excluding hydrogens is 300 g/mol. The largest absolute Gasteiger partial charge is 0.497 e. The summed E-state index contributed by atoms with van der Waals surface area (Å²) in [6.07, 6.45) is 7.78. The van der Waals surface area contributed by atoms with Crippen LogP contribution in [0.15, 0.2) is 59.0 Å². The van der Waals surface area contributed by atoms with Gasteiger partial charge >= 0.3 is 0 Å². The molecule has 0 atom stereocenters. The maximum Gasteiger partial charge on any atom is 0.219 e. The second kappa shape index (κ2) is 7.04. The second-order valence-corrected chi connectivity index (χ2v) is 5.59. The fourth-order valence-electron chi connectivity index (χ4n) is 2.31. The summed E-state index contributed by atoms with van der Waals surface area (Å²) in [7, 11) is 5.70. The van der Waals surface area contributed by atoms with Gasteiger partial charge in [0, 0.05) is 31.9 Å². The van der Waals surface area contributed by atoms with E-state index in [1.807, 2.05) is 56.6 Å². The lowest BCUT2D eigenvalue weighted by atomic mass is 10.2. The Hall–Kier alpha value is -3.01. The van der Waals surface area contributed by atoms with Crippen molar-refractivity contribution in [3.63, 3.8) is 0 Å². The van der Waals surface area contributed by atoms with E-state index >= 15 is 0 Å². The molecule has 24 heavy (non-hydrogen) atoms. The molecule has 3 aromatic rings. The molecule has 0 saturated heterocycles. The number of anilines is 1. The topological polar surface area (TPSA) is 38.5 Å². The number of ether oxygens (including phenoxy) is 1. The Morgan fingerprint density at radius 1 is 1.00 bits per heavy atom. The van der Waals surface area contributed by atoms with E-state index in [4.69, 9.17) is 9.15 Å². The summed E-state index contributed by atoms with van der Waals surface area (Å²) in [5.41, 5.74) is 3.87. The molecule has 0 radical (unpaired) electrons. The standard InChI is InChI=1S/C20H20N2O2/c1-22(2)16-10-8-15(9-11-16)6-4-5-7-20-21-18-13-12-17(23-3)14-19(18)24-20/h4-14H,1-3H3/b6-4+,7-5+. The molecule has 0 aliphatic rings. The van der Waals surface area contributed by atoms with Crippen LogP contribution >= 0.6 is 0 Å². The van der Waals surface area contributed by atoms with Gasteiger partial charge in [0.15, 0.2) is 5.58 Å². The van der Waals surface area contributed by atoms with Crippen LogP contribution in [0.1, 0.15) is 11.5 Å². The third-order valence-electron chi connectivity index (χ3n) is 3.66.